The lowest BCUT2D eigenvalue weighted by molar-refractivity contribution is -0.275. The van der Waals surface area contributed by atoms with Crippen LogP contribution in [0.25, 0.3) is 0 Å². The molecule has 0 aromatic heterocycles. The van der Waals surface area contributed by atoms with Gasteiger partial charge in [-0.1, -0.05) is 6.92 Å². The van der Waals surface area contributed by atoms with Crippen molar-refractivity contribution in [3.8, 4) is 0 Å². The van der Waals surface area contributed by atoms with E-state index < -0.39 is 88.6 Å². The van der Waals surface area contributed by atoms with Gasteiger partial charge in [0.2, 0.25) is 0 Å². The minimum absolute atomic E-state index is 0.197. The summed E-state index contributed by atoms with van der Waals surface area (Å²) in [7, 11) is 0. The highest BCUT2D eigenvalue weighted by Gasteiger charge is 2.88. The Morgan fingerprint density at radius 2 is 1.47 bits per heavy atom. The van der Waals surface area contributed by atoms with Crippen LogP contribution in [-0.2, 0) is 42.9 Å². The lowest BCUT2D eigenvalue weighted by Gasteiger charge is -2.59. The number of hydrogen-bond donors (Lipinski definition) is 3. The number of ether oxygens (including phenoxy) is 5. The molecular weight excluding hydrogens is 504 g/mol. The minimum atomic E-state index is -2.05. The van der Waals surface area contributed by atoms with Gasteiger partial charge in [0.1, 0.15) is 18.3 Å². The molecule has 11 unspecified atom stereocenters. The van der Waals surface area contributed by atoms with Crippen molar-refractivity contribution in [3.63, 3.8) is 0 Å². The van der Waals surface area contributed by atoms with Crippen molar-refractivity contribution in [2.24, 2.45) is 11.3 Å². The molecule has 2 saturated heterocycles. The van der Waals surface area contributed by atoms with Crippen molar-refractivity contribution < 1.29 is 58.2 Å². The van der Waals surface area contributed by atoms with Crippen LogP contribution < -0.4 is 0 Å². The molecule has 212 valence electrons. The molecule has 0 aromatic rings. The van der Waals surface area contributed by atoms with Crippen LogP contribution in [0.4, 0.5) is 0 Å². The second-order valence-corrected chi connectivity index (χ2v) is 11.5. The van der Waals surface area contributed by atoms with Crippen molar-refractivity contribution >= 4 is 23.9 Å². The topological polar surface area (TPSA) is 178 Å². The van der Waals surface area contributed by atoms with E-state index in [1.54, 1.807) is 13.8 Å². The van der Waals surface area contributed by atoms with E-state index >= 15 is 0 Å². The van der Waals surface area contributed by atoms with E-state index in [9.17, 15) is 34.5 Å². The van der Waals surface area contributed by atoms with Crippen LogP contribution in [0, 0.1) is 11.3 Å². The summed E-state index contributed by atoms with van der Waals surface area (Å²) in [6.45, 7) is 9.46. The third-order valence-corrected chi connectivity index (χ3v) is 8.93. The summed E-state index contributed by atoms with van der Waals surface area (Å²) in [6.07, 6.45) is -6.62. The van der Waals surface area contributed by atoms with Crippen molar-refractivity contribution in [1.82, 2.24) is 0 Å². The molecule has 0 amide bonds. The molecular formula is C26H36O12. The molecule has 12 nitrogen and oxygen atoms in total. The van der Waals surface area contributed by atoms with Crippen LogP contribution >= 0.6 is 0 Å². The van der Waals surface area contributed by atoms with E-state index in [2.05, 4.69) is 0 Å². The summed E-state index contributed by atoms with van der Waals surface area (Å²) in [5.74, 6) is -4.27. The molecule has 2 aliphatic heterocycles. The Kier molecular flexibility index (Phi) is 6.75. The van der Waals surface area contributed by atoms with Gasteiger partial charge < -0.3 is 39.0 Å². The Labute approximate surface area is 220 Å². The molecule has 1 spiro atoms. The normalized spacial score (nSPS) is 47.8. The van der Waals surface area contributed by atoms with Crippen LogP contribution in [0.1, 0.15) is 61.3 Å². The first-order valence-electron chi connectivity index (χ1n) is 12.6. The standard InChI is InChI=1S/C26H36O12/c1-11-8-19-26(25(7,38-26)22(32)37-19)21(36-14(4)29)20-23(5,17(9-15(11)30)34-12(2)27)18(35-13(3)28)10-16(31)24(20,6)33/h8,15-21,30-31,33H,9-10H2,1-7H3. The smallest absolute Gasteiger partial charge is 0.342 e. The molecule has 0 radical (unpaired) electrons. The van der Waals surface area contributed by atoms with Gasteiger partial charge >= 0.3 is 23.9 Å². The number of carbonyl (C=O) groups excluding carboxylic acids is 4. The van der Waals surface area contributed by atoms with Crippen molar-refractivity contribution in [1.29, 1.82) is 0 Å². The Balaban J connectivity index is 2.06. The maximum atomic E-state index is 13.0. The number of rotatable bonds is 3. The molecule has 3 N–H and O–H groups in total. The predicted molar refractivity (Wildman–Crippen MR) is 126 cm³/mol. The van der Waals surface area contributed by atoms with Gasteiger partial charge in [-0.15, -0.1) is 0 Å². The van der Waals surface area contributed by atoms with Gasteiger partial charge in [0.05, 0.1) is 23.2 Å². The fourth-order valence-corrected chi connectivity index (χ4v) is 6.91. The quantitative estimate of drug-likeness (QED) is 0.190. The maximum Gasteiger partial charge on any atom is 0.342 e. The number of carbonyl (C=O) groups is 4. The molecule has 4 rings (SSSR count). The summed E-state index contributed by atoms with van der Waals surface area (Å²) in [4.78, 5) is 50.0. The molecule has 2 heterocycles. The van der Waals surface area contributed by atoms with Crippen LogP contribution in [0.15, 0.2) is 11.6 Å². The van der Waals surface area contributed by atoms with Gasteiger partial charge in [0.25, 0.3) is 0 Å². The molecule has 12 heteroatoms. The maximum absolute atomic E-state index is 13.0. The zero-order valence-corrected chi connectivity index (χ0v) is 22.5. The highest BCUT2D eigenvalue weighted by Crippen LogP contribution is 2.66. The van der Waals surface area contributed by atoms with E-state index in [0.717, 1.165) is 6.92 Å². The van der Waals surface area contributed by atoms with Crippen molar-refractivity contribution in [3.05, 3.63) is 11.6 Å². The number of aliphatic hydroxyl groups excluding tert-OH is 2. The van der Waals surface area contributed by atoms with Crippen molar-refractivity contribution in [2.75, 3.05) is 0 Å². The Morgan fingerprint density at radius 1 is 0.947 bits per heavy atom. The first kappa shape index (κ1) is 28.5. The van der Waals surface area contributed by atoms with Gasteiger partial charge in [-0.3, -0.25) is 14.4 Å². The molecule has 11 atom stereocenters. The Hall–Kier alpha value is -2.54. The second kappa shape index (κ2) is 9.00. The van der Waals surface area contributed by atoms with E-state index in [1.165, 1.54) is 33.8 Å². The molecule has 1 saturated carbocycles. The zero-order chi connectivity index (χ0) is 28.6. The number of fused-ring (bicyclic) bond motifs is 1. The first-order valence-corrected chi connectivity index (χ1v) is 12.6. The van der Waals surface area contributed by atoms with Crippen LogP contribution in [0.5, 0.6) is 0 Å². The fourth-order valence-electron chi connectivity index (χ4n) is 6.91. The number of aliphatic hydroxyl groups is 3. The molecule has 0 aromatic carbocycles. The number of hydrogen-bond acceptors (Lipinski definition) is 12. The van der Waals surface area contributed by atoms with Crippen LogP contribution in [-0.4, -0.2) is 92.6 Å². The van der Waals surface area contributed by atoms with Gasteiger partial charge in [0.15, 0.2) is 17.3 Å². The largest absolute Gasteiger partial charge is 0.462 e. The van der Waals surface area contributed by atoms with E-state index in [0.29, 0.717) is 5.57 Å². The van der Waals surface area contributed by atoms with Crippen LogP contribution in [0.3, 0.4) is 0 Å². The lowest BCUT2D eigenvalue weighted by Crippen LogP contribution is -2.72. The van der Waals surface area contributed by atoms with Gasteiger partial charge in [-0.05, 0) is 32.4 Å². The van der Waals surface area contributed by atoms with E-state index in [4.69, 9.17) is 23.7 Å². The highest BCUT2D eigenvalue weighted by molar-refractivity contribution is 5.89. The Morgan fingerprint density at radius 3 is 1.97 bits per heavy atom. The fraction of sp³-hybridized carbons (Fsp3) is 0.769. The Bertz CT molecular complexity index is 1080. The third kappa shape index (κ3) is 3.95. The molecule has 2 aliphatic carbocycles. The van der Waals surface area contributed by atoms with Crippen LogP contribution in [0.2, 0.25) is 0 Å². The average Bonchev–Trinajstić information content (AvgIpc) is 3.36. The zero-order valence-electron chi connectivity index (χ0n) is 22.5. The van der Waals surface area contributed by atoms with Crippen molar-refractivity contribution in [2.45, 2.75) is 115 Å². The van der Waals surface area contributed by atoms with E-state index in [-0.39, 0.29) is 12.8 Å². The predicted octanol–water partition coefficient (Wildman–Crippen LogP) is 0.0836. The first-order chi connectivity index (χ1) is 17.4. The number of epoxide rings is 1. The average molecular weight is 541 g/mol. The summed E-state index contributed by atoms with van der Waals surface area (Å²) in [6, 6.07) is 0. The summed E-state index contributed by atoms with van der Waals surface area (Å²) in [5.41, 5.74) is -6.51. The summed E-state index contributed by atoms with van der Waals surface area (Å²) in [5, 5.41) is 34.2. The van der Waals surface area contributed by atoms with Gasteiger partial charge in [-0.25, -0.2) is 4.79 Å². The second-order valence-electron chi connectivity index (χ2n) is 11.5. The highest BCUT2D eigenvalue weighted by atomic mass is 16.7. The minimum Gasteiger partial charge on any atom is -0.462 e. The third-order valence-electron chi connectivity index (χ3n) is 8.93. The number of esters is 4. The van der Waals surface area contributed by atoms with Gasteiger partial charge in [0, 0.05) is 39.5 Å². The van der Waals surface area contributed by atoms with Gasteiger partial charge in [-0.2, -0.15) is 0 Å². The molecule has 38 heavy (non-hydrogen) atoms. The summed E-state index contributed by atoms with van der Waals surface area (Å²) < 4.78 is 28.9. The molecule has 4 aliphatic rings. The summed E-state index contributed by atoms with van der Waals surface area (Å²) >= 11 is 0. The lowest BCUT2D eigenvalue weighted by atomic mass is 9.51. The van der Waals surface area contributed by atoms with E-state index in [1.807, 2.05) is 0 Å². The molecule has 3 fully saturated rings. The monoisotopic (exact) mass is 540 g/mol. The molecule has 0 bridgehead atoms. The SMILES string of the molecule is CC(=O)OC1CC(O)C(C)=CC2OC(=O)C3(C)OC23C(OC(C)=O)C2C(C)(O)C(O)CC(OC(C)=O)C12C.